The lowest BCUT2D eigenvalue weighted by atomic mass is 10.1. The molecule has 1 N–H and O–H groups in total. The minimum Gasteiger partial charge on any atom is -0.508 e. The van der Waals surface area contributed by atoms with Crippen molar-refractivity contribution in [1.82, 2.24) is 15.0 Å². The molecule has 100 valence electrons. The molecule has 3 aromatic rings. The SMILES string of the molecule is O=[N+]([O-])c1ccc(O)c(Cn2nnc3ccccc32)c1. The van der Waals surface area contributed by atoms with Crippen LogP contribution in [0, 0.1) is 10.1 Å². The first-order valence-electron chi connectivity index (χ1n) is 5.89. The fraction of sp³-hybridized carbons (Fsp3) is 0.0769. The fourth-order valence-corrected chi connectivity index (χ4v) is 2.01. The Hall–Kier alpha value is -2.96. The Kier molecular flexibility index (Phi) is 2.79. The summed E-state index contributed by atoms with van der Waals surface area (Å²) < 4.78 is 1.59. The number of aromatic nitrogens is 3. The number of phenolic OH excluding ortho intramolecular Hbond substituents is 1. The van der Waals surface area contributed by atoms with Crippen molar-refractivity contribution in [2.75, 3.05) is 0 Å². The number of benzene rings is 2. The number of nitro groups is 1. The van der Waals surface area contributed by atoms with E-state index in [0.717, 1.165) is 11.0 Å². The third-order valence-corrected chi connectivity index (χ3v) is 3.01. The Morgan fingerprint density at radius 2 is 2.05 bits per heavy atom. The fourth-order valence-electron chi connectivity index (χ4n) is 2.01. The Bertz CT molecular complexity index is 797. The van der Waals surface area contributed by atoms with E-state index in [2.05, 4.69) is 10.3 Å². The summed E-state index contributed by atoms with van der Waals surface area (Å²) in [5.41, 5.74) is 1.90. The smallest absolute Gasteiger partial charge is 0.270 e. The molecule has 0 radical (unpaired) electrons. The van der Waals surface area contributed by atoms with E-state index in [9.17, 15) is 15.2 Å². The van der Waals surface area contributed by atoms with Crippen LogP contribution in [-0.2, 0) is 6.54 Å². The third-order valence-electron chi connectivity index (χ3n) is 3.01. The first-order chi connectivity index (χ1) is 9.65. The average Bonchev–Trinajstić information content (AvgIpc) is 2.84. The third kappa shape index (κ3) is 2.05. The molecule has 1 heterocycles. The molecule has 0 bridgehead atoms. The maximum atomic E-state index is 10.8. The highest BCUT2D eigenvalue weighted by Gasteiger charge is 2.12. The minimum atomic E-state index is -0.498. The van der Waals surface area contributed by atoms with Crippen molar-refractivity contribution in [3.63, 3.8) is 0 Å². The van der Waals surface area contributed by atoms with Crippen LogP contribution < -0.4 is 0 Å². The summed E-state index contributed by atoms with van der Waals surface area (Å²) >= 11 is 0. The van der Waals surface area contributed by atoms with Gasteiger partial charge in [0.2, 0.25) is 0 Å². The number of nitro benzene ring substituents is 1. The summed E-state index contributed by atoms with van der Waals surface area (Å²) in [5, 5.41) is 28.6. The first kappa shape index (κ1) is 12.1. The summed E-state index contributed by atoms with van der Waals surface area (Å²) in [6.07, 6.45) is 0. The second-order valence-corrected chi connectivity index (χ2v) is 4.31. The van der Waals surface area contributed by atoms with Gasteiger partial charge in [0.1, 0.15) is 11.3 Å². The molecule has 0 saturated carbocycles. The molecule has 20 heavy (non-hydrogen) atoms. The summed E-state index contributed by atoms with van der Waals surface area (Å²) in [7, 11) is 0. The Morgan fingerprint density at radius 1 is 1.25 bits per heavy atom. The highest BCUT2D eigenvalue weighted by atomic mass is 16.6. The molecule has 0 amide bonds. The van der Waals surface area contributed by atoms with Crippen LogP contribution in [-0.4, -0.2) is 25.0 Å². The molecule has 0 saturated heterocycles. The van der Waals surface area contributed by atoms with E-state index in [4.69, 9.17) is 0 Å². The molecule has 3 rings (SSSR count). The van der Waals surface area contributed by atoms with Crippen molar-refractivity contribution in [3.8, 4) is 5.75 Å². The van der Waals surface area contributed by atoms with Crippen LogP contribution in [0.4, 0.5) is 5.69 Å². The van der Waals surface area contributed by atoms with E-state index < -0.39 is 4.92 Å². The zero-order chi connectivity index (χ0) is 14.1. The standard InChI is InChI=1S/C13H10N4O3/c18-13-6-5-10(17(19)20)7-9(13)8-16-12-4-2-1-3-11(12)14-15-16/h1-7,18H,8H2. The lowest BCUT2D eigenvalue weighted by molar-refractivity contribution is -0.384. The van der Waals surface area contributed by atoms with Crippen molar-refractivity contribution < 1.29 is 10.0 Å². The summed E-state index contributed by atoms with van der Waals surface area (Å²) in [6.45, 7) is 0.216. The zero-order valence-corrected chi connectivity index (χ0v) is 10.3. The van der Waals surface area contributed by atoms with E-state index in [1.54, 1.807) is 4.68 Å². The lowest BCUT2D eigenvalue weighted by Gasteiger charge is -2.05. The Labute approximate surface area is 113 Å². The number of non-ortho nitro benzene ring substituents is 1. The van der Waals surface area contributed by atoms with Gasteiger partial charge in [-0.15, -0.1) is 5.10 Å². The molecule has 0 aliphatic rings. The van der Waals surface area contributed by atoms with Crippen molar-refractivity contribution in [2.24, 2.45) is 0 Å². The van der Waals surface area contributed by atoms with Crippen LogP contribution in [0.2, 0.25) is 0 Å². The van der Waals surface area contributed by atoms with E-state index in [-0.39, 0.29) is 18.0 Å². The van der Waals surface area contributed by atoms with Gasteiger partial charge in [-0.05, 0) is 18.2 Å². The molecule has 1 aromatic heterocycles. The number of rotatable bonds is 3. The number of phenols is 1. The molecule has 0 aliphatic carbocycles. The topological polar surface area (TPSA) is 94.1 Å². The molecule has 0 aliphatic heterocycles. The van der Waals surface area contributed by atoms with E-state index in [0.29, 0.717) is 5.56 Å². The number of fused-ring (bicyclic) bond motifs is 1. The van der Waals surface area contributed by atoms with Crippen molar-refractivity contribution in [3.05, 3.63) is 58.1 Å². The molecule has 0 fully saturated rings. The quantitative estimate of drug-likeness (QED) is 0.581. The largest absolute Gasteiger partial charge is 0.508 e. The molecular weight excluding hydrogens is 260 g/mol. The van der Waals surface area contributed by atoms with E-state index >= 15 is 0 Å². The van der Waals surface area contributed by atoms with Crippen molar-refractivity contribution in [2.45, 2.75) is 6.54 Å². The lowest BCUT2D eigenvalue weighted by Crippen LogP contribution is -2.02. The van der Waals surface area contributed by atoms with Gasteiger partial charge in [-0.2, -0.15) is 0 Å². The van der Waals surface area contributed by atoms with Crippen LogP contribution >= 0.6 is 0 Å². The maximum absolute atomic E-state index is 10.8. The highest BCUT2D eigenvalue weighted by molar-refractivity contribution is 5.74. The van der Waals surface area contributed by atoms with Gasteiger partial charge in [-0.3, -0.25) is 10.1 Å². The molecule has 0 unspecified atom stereocenters. The van der Waals surface area contributed by atoms with Crippen LogP contribution in [0.25, 0.3) is 11.0 Å². The van der Waals surface area contributed by atoms with Crippen LogP contribution in [0.5, 0.6) is 5.75 Å². The van der Waals surface area contributed by atoms with Gasteiger partial charge in [0, 0.05) is 17.7 Å². The number of hydrogen-bond donors (Lipinski definition) is 1. The average molecular weight is 270 g/mol. The molecule has 0 atom stereocenters. The highest BCUT2D eigenvalue weighted by Crippen LogP contribution is 2.24. The maximum Gasteiger partial charge on any atom is 0.270 e. The predicted octanol–water partition coefficient (Wildman–Crippen LogP) is 2.09. The second kappa shape index (κ2) is 4.61. The number of nitrogens with zero attached hydrogens (tertiary/aromatic N) is 4. The molecule has 0 spiro atoms. The molecular formula is C13H10N4O3. The van der Waals surface area contributed by atoms with Crippen LogP contribution in [0.1, 0.15) is 5.56 Å². The van der Waals surface area contributed by atoms with Gasteiger partial charge in [-0.25, -0.2) is 4.68 Å². The number of hydrogen-bond acceptors (Lipinski definition) is 5. The van der Waals surface area contributed by atoms with Crippen molar-refractivity contribution in [1.29, 1.82) is 0 Å². The summed E-state index contributed by atoms with van der Waals surface area (Å²) in [6, 6.07) is 11.3. The monoisotopic (exact) mass is 270 g/mol. The summed E-state index contributed by atoms with van der Waals surface area (Å²) in [4.78, 5) is 10.3. The van der Waals surface area contributed by atoms with Crippen LogP contribution in [0.3, 0.4) is 0 Å². The summed E-state index contributed by atoms with van der Waals surface area (Å²) in [5.74, 6) is -0.00446. The molecule has 7 nitrogen and oxygen atoms in total. The number of aromatic hydroxyl groups is 1. The van der Waals surface area contributed by atoms with Crippen LogP contribution in [0.15, 0.2) is 42.5 Å². The van der Waals surface area contributed by atoms with Gasteiger partial charge in [-0.1, -0.05) is 17.3 Å². The Balaban J connectivity index is 2.02. The van der Waals surface area contributed by atoms with Gasteiger partial charge in [0.15, 0.2) is 0 Å². The van der Waals surface area contributed by atoms with Crippen molar-refractivity contribution >= 4 is 16.7 Å². The first-order valence-corrected chi connectivity index (χ1v) is 5.89. The second-order valence-electron chi connectivity index (χ2n) is 4.31. The van der Waals surface area contributed by atoms with Gasteiger partial charge < -0.3 is 5.11 Å². The minimum absolute atomic E-state index is 0.00446. The van der Waals surface area contributed by atoms with Gasteiger partial charge in [0.05, 0.1) is 17.0 Å². The van der Waals surface area contributed by atoms with E-state index in [1.165, 1.54) is 18.2 Å². The molecule has 2 aromatic carbocycles. The predicted molar refractivity (Wildman–Crippen MR) is 71.4 cm³/mol. The van der Waals surface area contributed by atoms with Gasteiger partial charge >= 0.3 is 0 Å². The number of para-hydroxylation sites is 1. The van der Waals surface area contributed by atoms with Gasteiger partial charge in [0.25, 0.3) is 5.69 Å². The Morgan fingerprint density at radius 3 is 2.85 bits per heavy atom. The molecule has 7 heteroatoms. The normalized spacial score (nSPS) is 10.8. The van der Waals surface area contributed by atoms with E-state index in [1.807, 2.05) is 24.3 Å². The zero-order valence-electron chi connectivity index (χ0n) is 10.3.